The van der Waals surface area contributed by atoms with E-state index in [1.165, 1.54) is 7.11 Å². The smallest absolute Gasteiger partial charge is 0.360 e. The van der Waals surface area contributed by atoms with Crippen molar-refractivity contribution >= 4 is 33.6 Å². The highest BCUT2D eigenvalue weighted by Gasteiger charge is 2.32. The minimum Gasteiger partial charge on any atom is -0.464 e. The number of hydrogen-bond donors (Lipinski definition) is 0. The topological polar surface area (TPSA) is 90.5 Å². The maximum atomic E-state index is 13.2. The van der Waals surface area contributed by atoms with Gasteiger partial charge >= 0.3 is 5.97 Å². The molecule has 8 nitrogen and oxygen atoms in total. The Morgan fingerprint density at radius 2 is 2.00 bits per heavy atom. The second-order valence-corrected chi connectivity index (χ2v) is 7.49. The number of nitrogens with zero attached hydrogens (tertiary/aromatic N) is 4. The summed E-state index contributed by atoms with van der Waals surface area (Å²) in [5, 5.41) is 10.9. The number of carbonyl (C=O) groups is 2. The van der Waals surface area contributed by atoms with Crippen LogP contribution in [0.3, 0.4) is 0 Å². The normalized spacial score (nSPS) is 16.5. The summed E-state index contributed by atoms with van der Waals surface area (Å²) >= 11 is 0. The zero-order valence-electron chi connectivity index (χ0n) is 16.7. The summed E-state index contributed by atoms with van der Waals surface area (Å²) in [5.41, 5.74) is 1.74. The molecule has 1 aliphatic rings. The summed E-state index contributed by atoms with van der Waals surface area (Å²) in [7, 11) is 1.30. The molecule has 152 valence electrons. The van der Waals surface area contributed by atoms with E-state index >= 15 is 0 Å². The SMILES string of the molecule is COC(=O)c1cn([C@@H]2CCN(C(=O)c3oc4c(ccc5ccccc54)c3C)C2)nn1. The number of furan rings is 1. The third kappa shape index (κ3) is 2.83. The third-order valence-corrected chi connectivity index (χ3v) is 5.75. The lowest BCUT2D eigenvalue weighted by Crippen LogP contribution is -2.29. The number of benzene rings is 2. The van der Waals surface area contributed by atoms with E-state index in [0.717, 1.165) is 33.7 Å². The van der Waals surface area contributed by atoms with E-state index < -0.39 is 5.97 Å². The first-order valence-corrected chi connectivity index (χ1v) is 9.77. The first kappa shape index (κ1) is 18.4. The first-order valence-electron chi connectivity index (χ1n) is 9.77. The van der Waals surface area contributed by atoms with Gasteiger partial charge in [-0.05, 0) is 18.7 Å². The standard InChI is InChI=1S/C22H20N4O4/c1-13-16-8-7-14-5-3-4-6-17(14)20(16)30-19(13)21(27)25-10-9-15(11-25)26-12-18(23-24-26)22(28)29-2/h3-8,12,15H,9-11H2,1-2H3/t15-/m1/s1. The van der Waals surface area contributed by atoms with Crippen LogP contribution in [0, 0.1) is 6.92 Å². The van der Waals surface area contributed by atoms with Crippen LogP contribution in [0.15, 0.2) is 47.0 Å². The van der Waals surface area contributed by atoms with Crippen LogP contribution in [0.2, 0.25) is 0 Å². The molecular formula is C22H20N4O4. The molecule has 0 unspecified atom stereocenters. The van der Waals surface area contributed by atoms with Gasteiger partial charge in [0.1, 0.15) is 5.58 Å². The van der Waals surface area contributed by atoms with Gasteiger partial charge in [0.2, 0.25) is 0 Å². The molecule has 1 fully saturated rings. The number of aryl methyl sites for hydroxylation is 1. The first-order chi connectivity index (χ1) is 14.6. The average Bonchev–Trinajstić information content (AvgIpc) is 3.51. The predicted molar refractivity (Wildman–Crippen MR) is 109 cm³/mol. The second-order valence-electron chi connectivity index (χ2n) is 7.49. The van der Waals surface area contributed by atoms with Crippen LogP contribution in [-0.2, 0) is 4.74 Å². The number of carbonyl (C=O) groups excluding carboxylic acids is 2. The van der Waals surface area contributed by atoms with E-state index in [-0.39, 0.29) is 17.6 Å². The van der Waals surface area contributed by atoms with Crippen molar-refractivity contribution in [2.24, 2.45) is 0 Å². The van der Waals surface area contributed by atoms with Crippen LogP contribution in [0.1, 0.15) is 39.1 Å². The molecule has 5 rings (SSSR count). The Hall–Kier alpha value is -3.68. The molecule has 0 bridgehead atoms. The Labute approximate surface area is 172 Å². The minimum absolute atomic E-state index is 0.0506. The Morgan fingerprint density at radius 3 is 2.83 bits per heavy atom. The number of ether oxygens (including phenoxy) is 1. The van der Waals surface area contributed by atoms with Crippen molar-refractivity contribution in [3.63, 3.8) is 0 Å². The van der Waals surface area contributed by atoms with Crippen molar-refractivity contribution in [1.82, 2.24) is 19.9 Å². The van der Waals surface area contributed by atoms with E-state index in [1.807, 2.05) is 43.3 Å². The Balaban J connectivity index is 1.42. The quantitative estimate of drug-likeness (QED) is 0.487. The summed E-state index contributed by atoms with van der Waals surface area (Å²) in [6, 6.07) is 12.0. The number of rotatable bonds is 3. The summed E-state index contributed by atoms with van der Waals surface area (Å²) in [5.74, 6) is -0.295. The van der Waals surface area contributed by atoms with Crippen molar-refractivity contribution in [2.75, 3.05) is 20.2 Å². The third-order valence-electron chi connectivity index (χ3n) is 5.75. The number of fused-ring (bicyclic) bond motifs is 3. The fraction of sp³-hybridized carbons (Fsp3) is 0.273. The van der Waals surface area contributed by atoms with Gasteiger partial charge in [-0.3, -0.25) is 4.79 Å². The number of aromatic nitrogens is 3. The lowest BCUT2D eigenvalue weighted by atomic mass is 10.1. The molecule has 1 amide bonds. The summed E-state index contributed by atoms with van der Waals surface area (Å²) in [4.78, 5) is 26.6. The highest BCUT2D eigenvalue weighted by Crippen LogP contribution is 2.33. The number of esters is 1. The lowest BCUT2D eigenvalue weighted by Gasteiger charge is -2.15. The van der Waals surface area contributed by atoms with Gasteiger partial charge in [0.25, 0.3) is 5.91 Å². The van der Waals surface area contributed by atoms with Gasteiger partial charge in [-0.15, -0.1) is 5.10 Å². The van der Waals surface area contributed by atoms with E-state index in [2.05, 4.69) is 15.0 Å². The molecule has 2 aromatic heterocycles. The summed E-state index contributed by atoms with van der Waals surface area (Å²) in [6.07, 6.45) is 2.28. The molecule has 0 N–H and O–H groups in total. The van der Waals surface area contributed by atoms with Crippen molar-refractivity contribution in [3.05, 3.63) is 59.6 Å². The highest BCUT2D eigenvalue weighted by atomic mass is 16.5. The molecule has 1 aliphatic heterocycles. The second kappa shape index (κ2) is 6.98. The summed E-state index contributed by atoms with van der Waals surface area (Å²) in [6.45, 7) is 2.97. The maximum Gasteiger partial charge on any atom is 0.360 e. The van der Waals surface area contributed by atoms with Gasteiger partial charge in [-0.2, -0.15) is 0 Å². The average molecular weight is 404 g/mol. The van der Waals surface area contributed by atoms with E-state index in [1.54, 1.807) is 15.8 Å². The van der Waals surface area contributed by atoms with Crippen molar-refractivity contribution in [3.8, 4) is 0 Å². The van der Waals surface area contributed by atoms with E-state index in [9.17, 15) is 9.59 Å². The van der Waals surface area contributed by atoms with Crippen LogP contribution in [0.4, 0.5) is 0 Å². The molecule has 4 aromatic rings. The molecule has 2 aromatic carbocycles. The fourth-order valence-electron chi connectivity index (χ4n) is 4.09. The molecule has 0 aliphatic carbocycles. The van der Waals surface area contributed by atoms with Gasteiger partial charge in [0.15, 0.2) is 11.5 Å². The van der Waals surface area contributed by atoms with Crippen LogP contribution in [0.25, 0.3) is 21.7 Å². The monoisotopic (exact) mass is 404 g/mol. The maximum absolute atomic E-state index is 13.2. The van der Waals surface area contributed by atoms with Crippen LogP contribution in [0.5, 0.6) is 0 Å². The Kier molecular flexibility index (Phi) is 4.27. The number of likely N-dealkylation sites (tertiary alicyclic amines) is 1. The van der Waals surface area contributed by atoms with Gasteiger partial charge in [0, 0.05) is 29.4 Å². The van der Waals surface area contributed by atoms with Crippen LogP contribution >= 0.6 is 0 Å². The zero-order chi connectivity index (χ0) is 20.8. The fourth-order valence-corrected chi connectivity index (χ4v) is 4.09. The minimum atomic E-state index is -0.530. The van der Waals surface area contributed by atoms with Crippen molar-refractivity contribution < 1.29 is 18.7 Å². The molecule has 0 radical (unpaired) electrons. The lowest BCUT2D eigenvalue weighted by molar-refractivity contribution is 0.0593. The van der Waals surface area contributed by atoms with Gasteiger partial charge < -0.3 is 14.1 Å². The largest absolute Gasteiger partial charge is 0.464 e. The molecule has 0 spiro atoms. The molecule has 3 heterocycles. The van der Waals surface area contributed by atoms with Gasteiger partial charge in [-0.25, -0.2) is 9.48 Å². The number of amides is 1. The molecule has 0 saturated carbocycles. The molecular weight excluding hydrogens is 384 g/mol. The van der Waals surface area contributed by atoms with Crippen LogP contribution < -0.4 is 0 Å². The molecule has 1 saturated heterocycles. The van der Waals surface area contributed by atoms with E-state index in [0.29, 0.717) is 18.8 Å². The number of methoxy groups -OCH3 is 1. The Bertz CT molecular complexity index is 1290. The zero-order valence-corrected chi connectivity index (χ0v) is 16.7. The van der Waals surface area contributed by atoms with Gasteiger partial charge in [0.05, 0.1) is 19.3 Å². The highest BCUT2D eigenvalue weighted by molar-refractivity contribution is 6.08. The van der Waals surface area contributed by atoms with Crippen LogP contribution in [-0.4, -0.2) is 52.0 Å². The summed E-state index contributed by atoms with van der Waals surface area (Å²) < 4.78 is 12.4. The van der Waals surface area contributed by atoms with Gasteiger partial charge in [-0.1, -0.05) is 41.6 Å². The molecule has 1 atom stereocenters. The van der Waals surface area contributed by atoms with Crippen molar-refractivity contribution in [2.45, 2.75) is 19.4 Å². The van der Waals surface area contributed by atoms with Crippen molar-refractivity contribution in [1.29, 1.82) is 0 Å². The number of hydrogen-bond acceptors (Lipinski definition) is 6. The van der Waals surface area contributed by atoms with E-state index in [4.69, 9.17) is 4.42 Å². The Morgan fingerprint density at radius 1 is 1.17 bits per heavy atom. The molecule has 8 heteroatoms. The molecule has 30 heavy (non-hydrogen) atoms. The predicted octanol–water partition coefficient (Wildman–Crippen LogP) is 3.36.